The first-order valence-corrected chi connectivity index (χ1v) is 13.0. The number of carbonyl (C=O) groups excluding carboxylic acids is 2. The number of ketones is 1. The number of rotatable bonds is 5. The fourth-order valence-corrected chi connectivity index (χ4v) is 6.71. The van der Waals surface area contributed by atoms with Gasteiger partial charge in [0.1, 0.15) is 5.78 Å². The standard InChI is InChI=1S/C24H26Cl2N2O3S/c25-17-6-7-19(20(26)11-17)21-13-32-24(27-21)28(12-18-5-2-8-31-18)23(30)16-9-14-3-1-4-15(10-16)22(14)29/h6-7,11,13-16,18H,1-5,8-10,12H2/t14-,15+,16?,18-/m0/s1. The highest BCUT2D eigenvalue weighted by atomic mass is 35.5. The molecule has 2 bridgehead atoms. The molecule has 2 heterocycles. The lowest BCUT2D eigenvalue weighted by Crippen LogP contribution is -2.46. The quantitative estimate of drug-likeness (QED) is 0.511. The summed E-state index contributed by atoms with van der Waals surface area (Å²) in [4.78, 5) is 32.9. The van der Waals surface area contributed by atoms with Gasteiger partial charge in [0, 0.05) is 40.3 Å². The predicted octanol–water partition coefficient (Wildman–Crippen LogP) is 6.02. The van der Waals surface area contributed by atoms with Crippen molar-refractivity contribution in [3.05, 3.63) is 33.6 Å². The van der Waals surface area contributed by atoms with Crippen molar-refractivity contribution in [2.24, 2.45) is 17.8 Å². The number of carbonyl (C=O) groups is 2. The maximum atomic E-state index is 13.8. The number of halogens is 2. The van der Waals surface area contributed by atoms with Crippen molar-refractivity contribution >= 4 is 51.4 Å². The van der Waals surface area contributed by atoms with Gasteiger partial charge in [0.25, 0.3) is 0 Å². The van der Waals surface area contributed by atoms with Crippen molar-refractivity contribution in [1.82, 2.24) is 4.98 Å². The van der Waals surface area contributed by atoms with Crippen LogP contribution in [0.3, 0.4) is 0 Å². The minimum absolute atomic E-state index is 0.0233. The van der Waals surface area contributed by atoms with E-state index in [0.717, 1.165) is 50.0 Å². The number of nitrogens with zero attached hydrogens (tertiary/aromatic N) is 2. The minimum atomic E-state index is -0.129. The van der Waals surface area contributed by atoms with Crippen molar-refractivity contribution in [1.29, 1.82) is 0 Å². The molecule has 1 aromatic heterocycles. The lowest BCUT2D eigenvalue weighted by atomic mass is 9.67. The molecule has 0 spiro atoms. The number of aromatic nitrogens is 1. The predicted molar refractivity (Wildman–Crippen MR) is 127 cm³/mol. The van der Waals surface area contributed by atoms with Gasteiger partial charge in [-0.3, -0.25) is 14.5 Å². The van der Waals surface area contributed by atoms with Gasteiger partial charge >= 0.3 is 0 Å². The average molecular weight is 493 g/mol. The number of Topliss-reactive ketones (excluding diaryl/α,β-unsaturated/α-hetero) is 1. The second-order valence-corrected chi connectivity index (χ2v) is 10.8. The van der Waals surface area contributed by atoms with Crippen LogP contribution < -0.4 is 4.90 Å². The molecule has 5 rings (SSSR count). The van der Waals surface area contributed by atoms with E-state index in [-0.39, 0.29) is 29.8 Å². The molecule has 0 N–H and O–H groups in total. The van der Waals surface area contributed by atoms with Crippen LogP contribution in [0, 0.1) is 17.8 Å². The molecular formula is C24H26Cl2N2O3S. The lowest BCUT2D eigenvalue weighted by molar-refractivity contribution is -0.136. The van der Waals surface area contributed by atoms with Gasteiger partial charge in [-0.2, -0.15) is 0 Å². The summed E-state index contributed by atoms with van der Waals surface area (Å²) in [6.45, 7) is 1.23. The zero-order valence-corrected chi connectivity index (χ0v) is 20.1. The zero-order chi connectivity index (χ0) is 22.2. The normalized spacial score (nSPS) is 27.5. The maximum absolute atomic E-state index is 13.8. The van der Waals surface area contributed by atoms with Gasteiger partial charge in [-0.05, 0) is 56.7 Å². The van der Waals surface area contributed by atoms with Gasteiger partial charge < -0.3 is 4.74 Å². The first kappa shape index (κ1) is 22.3. The van der Waals surface area contributed by atoms with Crippen molar-refractivity contribution < 1.29 is 14.3 Å². The summed E-state index contributed by atoms with van der Waals surface area (Å²) in [5.74, 6) is 0.408. The van der Waals surface area contributed by atoms with Crippen LogP contribution in [-0.2, 0) is 14.3 Å². The summed E-state index contributed by atoms with van der Waals surface area (Å²) in [6, 6.07) is 5.34. The first-order chi connectivity index (χ1) is 15.5. The van der Waals surface area contributed by atoms with Crippen LogP contribution >= 0.6 is 34.5 Å². The van der Waals surface area contributed by atoms with Crippen molar-refractivity contribution in [3.8, 4) is 11.3 Å². The van der Waals surface area contributed by atoms with Crippen LogP contribution in [-0.4, -0.2) is 35.9 Å². The minimum Gasteiger partial charge on any atom is -0.376 e. The average Bonchev–Trinajstić information content (AvgIpc) is 3.43. The highest BCUT2D eigenvalue weighted by Gasteiger charge is 2.43. The van der Waals surface area contributed by atoms with E-state index in [4.69, 9.17) is 32.9 Å². The summed E-state index contributed by atoms with van der Waals surface area (Å²) < 4.78 is 5.85. The molecule has 1 amide bonds. The summed E-state index contributed by atoms with van der Waals surface area (Å²) >= 11 is 13.9. The second kappa shape index (κ2) is 9.41. The number of ether oxygens (including phenoxy) is 1. The number of hydrogen-bond donors (Lipinski definition) is 0. The van der Waals surface area contributed by atoms with E-state index in [1.165, 1.54) is 11.3 Å². The molecule has 4 atom stereocenters. The van der Waals surface area contributed by atoms with Crippen molar-refractivity contribution in [2.45, 2.75) is 51.0 Å². The molecule has 1 saturated heterocycles. The van der Waals surface area contributed by atoms with E-state index < -0.39 is 0 Å². The van der Waals surface area contributed by atoms with E-state index in [9.17, 15) is 9.59 Å². The highest BCUT2D eigenvalue weighted by Crippen LogP contribution is 2.42. The maximum Gasteiger partial charge on any atom is 0.232 e. The van der Waals surface area contributed by atoms with Crippen LogP contribution in [0.5, 0.6) is 0 Å². The molecule has 1 aliphatic heterocycles. The van der Waals surface area contributed by atoms with Crippen LogP contribution in [0.15, 0.2) is 23.6 Å². The second-order valence-electron chi connectivity index (χ2n) is 9.12. The molecule has 1 unspecified atom stereocenters. The van der Waals surface area contributed by atoms with Gasteiger partial charge in [-0.15, -0.1) is 11.3 Å². The summed E-state index contributed by atoms with van der Waals surface area (Å²) in [7, 11) is 0. The molecular weight excluding hydrogens is 467 g/mol. The molecule has 0 radical (unpaired) electrons. The smallest absolute Gasteiger partial charge is 0.232 e. The Balaban J connectivity index is 1.42. The van der Waals surface area contributed by atoms with Crippen LogP contribution in [0.1, 0.15) is 44.9 Å². The van der Waals surface area contributed by atoms with Crippen molar-refractivity contribution in [2.75, 3.05) is 18.1 Å². The number of thiazole rings is 1. The number of fused-ring (bicyclic) bond motifs is 2. The molecule has 2 aromatic rings. The lowest BCUT2D eigenvalue weighted by Gasteiger charge is -2.38. The Morgan fingerprint density at radius 2 is 1.94 bits per heavy atom. The summed E-state index contributed by atoms with van der Waals surface area (Å²) in [5.41, 5.74) is 1.52. The third-order valence-corrected chi connectivity index (χ3v) is 8.41. The van der Waals surface area contributed by atoms with E-state index >= 15 is 0 Å². The first-order valence-electron chi connectivity index (χ1n) is 11.4. The Bertz CT molecular complexity index is 1000. The van der Waals surface area contributed by atoms with E-state index in [1.807, 2.05) is 16.3 Å². The van der Waals surface area contributed by atoms with Crippen LogP contribution in [0.4, 0.5) is 5.13 Å². The Morgan fingerprint density at radius 1 is 1.16 bits per heavy atom. The van der Waals surface area contributed by atoms with Crippen molar-refractivity contribution in [3.63, 3.8) is 0 Å². The zero-order valence-electron chi connectivity index (χ0n) is 17.8. The van der Waals surface area contributed by atoms with E-state index in [2.05, 4.69) is 0 Å². The fourth-order valence-electron chi connectivity index (χ4n) is 5.37. The van der Waals surface area contributed by atoms with Gasteiger partial charge in [0.2, 0.25) is 5.91 Å². The largest absolute Gasteiger partial charge is 0.376 e. The third kappa shape index (κ3) is 4.47. The molecule has 3 aliphatic rings. The Hall–Kier alpha value is -1.47. The fraction of sp³-hybridized carbons (Fsp3) is 0.542. The van der Waals surface area contributed by atoms with E-state index in [0.29, 0.717) is 40.3 Å². The Kier molecular flexibility index (Phi) is 6.57. The third-order valence-electron chi connectivity index (χ3n) is 7.00. The molecule has 2 aliphatic carbocycles. The highest BCUT2D eigenvalue weighted by molar-refractivity contribution is 7.14. The molecule has 2 saturated carbocycles. The number of amides is 1. The molecule has 32 heavy (non-hydrogen) atoms. The van der Waals surface area contributed by atoms with E-state index in [1.54, 1.807) is 12.1 Å². The monoisotopic (exact) mass is 492 g/mol. The SMILES string of the molecule is O=C1[C@@H]2CCC[C@H]1CC(C(=O)N(C[C@@H]1CCCO1)c1nc(-c3ccc(Cl)cc3Cl)cs1)C2. The summed E-state index contributed by atoms with van der Waals surface area (Å²) in [5, 5.41) is 3.69. The number of benzene rings is 1. The van der Waals surface area contributed by atoms with Crippen LogP contribution in [0.25, 0.3) is 11.3 Å². The molecule has 8 heteroatoms. The van der Waals surface area contributed by atoms with Gasteiger partial charge in [-0.1, -0.05) is 29.6 Å². The van der Waals surface area contributed by atoms with Gasteiger partial charge in [0.05, 0.1) is 23.4 Å². The summed E-state index contributed by atoms with van der Waals surface area (Å²) in [6.07, 6.45) is 6.24. The molecule has 3 fully saturated rings. The Labute approximate surface area is 202 Å². The number of anilines is 1. The molecule has 170 valence electrons. The topological polar surface area (TPSA) is 59.5 Å². The Morgan fingerprint density at radius 3 is 2.62 bits per heavy atom. The number of hydrogen-bond acceptors (Lipinski definition) is 5. The molecule has 5 nitrogen and oxygen atoms in total. The van der Waals surface area contributed by atoms with Crippen LogP contribution in [0.2, 0.25) is 10.0 Å². The van der Waals surface area contributed by atoms with Gasteiger partial charge in [0.15, 0.2) is 5.13 Å². The molecule has 1 aromatic carbocycles. The van der Waals surface area contributed by atoms with Gasteiger partial charge in [-0.25, -0.2) is 4.98 Å².